The molecule has 1 rings (SSSR count). The predicted octanol–water partition coefficient (Wildman–Crippen LogP) is 1.47. The fourth-order valence-corrected chi connectivity index (χ4v) is 1.52. The molecule has 0 unspecified atom stereocenters. The van der Waals surface area contributed by atoms with Gasteiger partial charge in [0.25, 0.3) is 5.91 Å². The fourth-order valence-electron chi connectivity index (χ4n) is 1.52. The quantitative estimate of drug-likeness (QED) is 0.881. The van der Waals surface area contributed by atoms with Gasteiger partial charge in [0.15, 0.2) is 0 Å². The van der Waals surface area contributed by atoms with Crippen LogP contribution in [-0.2, 0) is 0 Å². The number of likely N-dealkylation sites (N-methyl/N-ethyl adjacent to an activating group) is 2. The predicted molar refractivity (Wildman–Crippen MR) is 78.9 cm³/mol. The third kappa shape index (κ3) is 4.55. The lowest BCUT2D eigenvalue weighted by Gasteiger charge is -2.18. The van der Waals surface area contributed by atoms with Crippen LogP contribution in [0.15, 0.2) is 24.3 Å². The van der Waals surface area contributed by atoms with Gasteiger partial charge >= 0.3 is 0 Å². The van der Waals surface area contributed by atoms with E-state index < -0.39 is 0 Å². The first-order chi connectivity index (χ1) is 8.06. The van der Waals surface area contributed by atoms with Crippen molar-refractivity contribution in [2.45, 2.75) is 0 Å². The third-order valence-electron chi connectivity index (χ3n) is 2.65. The SMILES string of the molecule is CNCCN(C)C(=O)c1cccc(N(C)C)c1.Cl. The summed E-state index contributed by atoms with van der Waals surface area (Å²) in [5.41, 5.74) is 1.77. The number of carbonyl (C=O) groups is 1. The third-order valence-corrected chi connectivity index (χ3v) is 2.65. The second-order valence-electron chi connectivity index (χ2n) is 4.28. The number of hydrogen-bond acceptors (Lipinski definition) is 3. The highest BCUT2D eigenvalue weighted by atomic mass is 35.5. The first-order valence-corrected chi connectivity index (χ1v) is 5.73. The van der Waals surface area contributed by atoms with Crippen molar-refractivity contribution in [2.75, 3.05) is 46.2 Å². The van der Waals surface area contributed by atoms with E-state index in [9.17, 15) is 4.79 Å². The maximum Gasteiger partial charge on any atom is 0.253 e. The number of benzene rings is 1. The summed E-state index contributed by atoms with van der Waals surface area (Å²) >= 11 is 0. The Balaban J connectivity index is 0.00000289. The van der Waals surface area contributed by atoms with E-state index in [0.717, 1.165) is 17.8 Å². The van der Waals surface area contributed by atoms with Crippen molar-refractivity contribution in [3.8, 4) is 0 Å². The number of nitrogens with one attached hydrogen (secondary N) is 1. The van der Waals surface area contributed by atoms with Gasteiger partial charge in [0.2, 0.25) is 0 Å². The van der Waals surface area contributed by atoms with Crippen molar-refractivity contribution in [2.24, 2.45) is 0 Å². The zero-order valence-electron chi connectivity index (χ0n) is 11.4. The lowest BCUT2D eigenvalue weighted by molar-refractivity contribution is 0.0797. The summed E-state index contributed by atoms with van der Waals surface area (Å²) < 4.78 is 0. The normalized spacial score (nSPS) is 9.56. The molecule has 4 nitrogen and oxygen atoms in total. The smallest absolute Gasteiger partial charge is 0.253 e. The van der Waals surface area contributed by atoms with Gasteiger partial charge in [0.1, 0.15) is 0 Å². The minimum atomic E-state index is 0. The molecule has 1 aromatic carbocycles. The van der Waals surface area contributed by atoms with Crippen LogP contribution >= 0.6 is 12.4 Å². The Morgan fingerprint density at radius 3 is 2.50 bits per heavy atom. The largest absolute Gasteiger partial charge is 0.378 e. The molecule has 0 heterocycles. The van der Waals surface area contributed by atoms with Gasteiger partial charge in [0, 0.05) is 45.5 Å². The van der Waals surface area contributed by atoms with Crippen molar-refractivity contribution in [1.82, 2.24) is 10.2 Å². The number of halogens is 1. The van der Waals surface area contributed by atoms with Crippen molar-refractivity contribution in [1.29, 1.82) is 0 Å². The number of rotatable bonds is 5. The average molecular weight is 272 g/mol. The van der Waals surface area contributed by atoms with Gasteiger partial charge < -0.3 is 15.1 Å². The second-order valence-corrected chi connectivity index (χ2v) is 4.28. The van der Waals surface area contributed by atoms with Crippen molar-refractivity contribution in [3.05, 3.63) is 29.8 Å². The number of amides is 1. The monoisotopic (exact) mass is 271 g/mol. The van der Waals surface area contributed by atoms with E-state index in [2.05, 4.69) is 5.32 Å². The fraction of sp³-hybridized carbons (Fsp3) is 0.462. The molecule has 0 aromatic heterocycles. The molecule has 0 aliphatic rings. The molecule has 0 radical (unpaired) electrons. The number of nitrogens with zero attached hydrogens (tertiary/aromatic N) is 2. The van der Waals surface area contributed by atoms with Gasteiger partial charge in [-0.25, -0.2) is 0 Å². The Morgan fingerprint density at radius 2 is 1.94 bits per heavy atom. The molecular weight excluding hydrogens is 250 g/mol. The molecule has 0 spiro atoms. The summed E-state index contributed by atoms with van der Waals surface area (Å²) in [6.07, 6.45) is 0. The first kappa shape index (κ1) is 16.7. The summed E-state index contributed by atoms with van der Waals surface area (Å²) in [6.45, 7) is 1.51. The van der Waals surface area contributed by atoms with Crippen LogP contribution in [0.25, 0.3) is 0 Å². The van der Waals surface area contributed by atoms with Gasteiger partial charge in [-0.2, -0.15) is 0 Å². The Hall–Kier alpha value is -1.26. The van der Waals surface area contributed by atoms with Crippen LogP contribution in [0, 0.1) is 0 Å². The molecule has 1 aromatic rings. The van der Waals surface area contributed by atoms with Crippen LogP contribution in [-0.4, -0.2) is 52.1 Å². The molecule has 102 valence electrons. The second kappa shape index (κ2) is 7.95. The van der Waals surface area contributed by atoms with E-state index in [4.69, 9.17) is 0 Å². The van der Waals surface area contributed by atoms with Crippen LogP contribution in [0.4, 0.5) is 5.69 Å². The van der Waals surface area contributed by atoms with Gasteiger partial charge in [-0.05, 0) is 25.2 Å². The van der Waals surface area contributed by atoms with Gasteiger partial charge in [-0.3, -0.25) is 4.79 Å². The highest BCUT2D eigenvalue weighted by Crippen LogP contribution is 2.14. The molecule has 5 heteroatoms. The van der Waals surface area contributed by atoms with Crippen LogP contribution in [0.2, 0.25) is 0 Å². The molecular formula is C13H22ClN3O. The minimum absolute atomic E-state index is 0. The van der Waals surface area contributed by atoms with Gasteiger partial charge in [-0.1, -0.05) is 6.07 Å². The Morgan fingerprint density at radius 1 is 1.28 bits per heavy atom. The Labute approximate surface area is 115 Å². The highest BCUT2D eigenvalue weighted by Gasteiger charge is 2.11. The zero-order valence-corrected chi connectivity index (χ0v) is 12.3. The van der Waals surface area contributed by atoms with Crippen molar-refractivity contribution in [3.63, 3.8) is 0 Å². The highest BCUT2D eigenvalue weighted by molar-refractivity contribution is 5.95. The van der Waals surface area contributed by atoms with Crippen molar-refractivity contribution < 1.29 is 4.79 Å². The lowest BCUT2D eigenvalue weighted by Crippen LogP contribution is -2.32. The standard InChI is InChI=1S/C13H21N3O.ClH/c1-14-8-9-16(4)13(17)11-6-5-7-12(10-11)15(2)3;/h5-7,10,14H,8-9H2,1-4H3;1H. The molecule has 0 aliphatic heterocycles. The Bertz CT molecular complexity index is 382. The van der Waals surface area contributed by atoms with Crippen molar-refractivity contribution >= 4 is 24.0 Å². The van der Waals surface area contributed by atoms with Crippen LogP contribution in [0.5, 0.6) is 0 Å². The minimum Gasteiger partial charge on any atom is -0.378 e. The summed E-state index contributed by atoms with van der Waals surface area (Å²) in [6, 6.07) is 7.67. The maximum absolute atomic E-state index is 12.1. The summed E-state index contributed by atoms with van der Waals surface area (Å²) in [7, 11) is 7.63. The molecule has 1 N–H and O–H groups in total. The van der Waals surface area contributed by atoms with Crippen LogP contribution < -0.4 is 10.2 Å². The molecule has 0 saturated carbocycles. The van der Waals surface area contributed by atoms with Gasteiger partial charge in [0.05, 0.1) is 0 Å². The van der Waals surface area contributed by atoms with Crippen LogP contribution in [0.1, 0.15) is 10.4 Å². The topological polar surface area (TPSA) is 35.6 Å². The lowest BCUT2D eigenvalue weighted by atomic mass is 10.1. The molecule has 0 atom stereocenters. The van der Waals surface area contributed by atoms with E-state index in [0.29, 0.717) is 6.54 Å². The van der Waals surface area contributed by atoms with E-state index >= 15 is 0 Å². The van der Waals surface area contributed by atoms with E-state index in [1.165, 1.54) is 0 Å². The molecule has 0 aliphatic carbocycles. The van der Waals surface area contributed by atoms with E-state index in [-0.39, 0.29) is 18.3 Å². The first-order valence-electron chi connectivity index (χ1n) is 5.73. The number of anilines is 1. The number of carbonyl (C=O) groups excluding carboxylic acids is 1. The maximum atomic E-state index is 12.1. The van der Waals surface area contributed by atoms with E-state index in [1.807, 2.05) is 57.4 Å². The number of hydrogen-bond donors (Lipinski definition) is 1. The van der Waals surface area contributed by atoms with Gasteiger partial charge in [-0.15, -0.1) is 12.4 Å². The summed E-state index contributed by atoms with van der Waals surface area (Å²) in [5.74, 6) is 0.0592. The summed E-state index contributed by atoms with van der Waals surface area (Å²) in [4.78, 5) is 15.8. The Kier molecular flexibility index (Phi) is 7.39. The molecule has 0 bridgehead atoms. The molecule has 0 saturated heterocycles. The van der Waals surface area contributed by atoms with E-state index in [1.54, 1.807) is 4.90 Å². The average Bonchev–Trinajstić information content (AvgIpc) is 2.35. The van der Waals surface area contributed by atoms with Crippen LogP contribution in [0.3, 0.4) is 0 Å². The summed E-state index contributed by atoms with van der Waals surface area (Å²) in [5, 5.41) is 3.03. The zero-order chi connectivity index (χ0) is 12.8. The molecule has 18 heavy (non-hydrogen) atoms. The molecule has 1 amide bonds. The molecule has 0 fully saturated rings.